The number of fused-ring (bicyclic) bond motifs is 1. The van der Waals surface area contributed by atoms with E-state index in [0.29, 0.717) is 13.4 Å². The predicted octanol–water partition coefficient (Wildman–Crippen LogP) is 2.18. The molecular weight excluding hydrogens is 194 g/mol. The van der Waals surface area contributed by atoms with Gasteiger partial charge in [-0.15, -0.1) is 0 Å². The monoisotopic (exact) mass is 207 g/mol. The summed E-state index contributed by atoms with van der Waals surface area (Å²) in [5.74, 6) is 1.54. The average molecular weight is 207 g/mol. The average Bonchev–Trinajstić information content (AvgIpc) is 2.71. The second-order valence-corrected chi connectivity index (χ2v) is 3.18. The first-order chi connectivity index (χ1) is 7.40. The molecule has 80 valence electrons. The van der Waals surface area contributed by atoms with Crippen LogP contribution >= 0.6 is 0 Å². The first kappa shape index (κ1) is 9.83. The second-order valence-electron chi connectivity index (χ2n) is 3.18. The molecule has 0 aromatic heterocycles. The highest BCUT2D eigenvalue weighted by Gasteiger charge is 2.12. The number of hydrogen-bond acceptors (Lipinski definition) is 4. The molecule has 0 bridgehead atoms. The van der Waals surface area contributed by atoms with Crippen LogP contribution in [-0.4, -0.2) is 19.6 Å². The van der Waals surface area contributed by atoms with E-state index < -0.39 is 0 Å². The molecule has 0 saturated carbocycles. The minimum atomic E-state index is 0.294. The summed E-state index contributed by atoms with van der Waals surface area (Å²) in [7, 11) is 0. The van der Waals surface area contributed by atoms with Crippen molar-refractivity contribution in [1.82, 2.24) is 0 Å². The Kier molecular flexibility index (Phi) is 3.07. The van der Waals surface area contributed by atoms with E-state index in [1.54, 1.807) is 6.21 Å². The van der Waals surface area contributed by atoms with Crippen LogP contribution in [0.3, 0.4) is 0 Å². The van der Waals surface area contributed by atoms with Crippen LogP contribution in [0.1, 0.15) is 18.9 Å². The number of rotatable bonds is 4. The quantitative estimate of drug-likeness (QED) is 0.431. The molecule has 0 spiro atoms. The highest BCUT2D eigenvalue weighted by Crippen LogP contribution is 2.31. The zero-order valence-corrected chi connectivity index (χ0v) is 8.60. The van der Waals surface area contributed by atoms with E-state index >= 15 is 0 Å². The van der Waals surface area contributed by atoms with Crippen molar-refractivity contribution in [2.45, 2.75) is 13.3 Å². The Morgan fingerprint density at radius 1 is 1.40 bits per heavy atom. The maximum atomic E-state index is 5.24. The number of oxime groups is 1. The molecule has 4 heteroatoms. The highest BCUT2D eigenvalue weighted by atomic mass is 16.7. The van der Waals surface area contributed by atoms with Gasteiger partial charge in [0, 0.05) is 5.56 Å². The van der Waals surface area contributed by atoms with Crippen molar-refractivity contribution in [2.24, 2.45) is 5.16 Å². The molecule has 0 atom stereocenters. The number of ether oxygens (including phenoxy) is 2. The highest BCUT2D eigenvalue weighted by molar-refractivity contribution is 5.80. The lowest BCUT2D eigenvalue weighted by Crippen LogP contribution is -1.92. The van der Waals surface area contributed by atoms with E-state index in [9.17, 15) is 0 Å². The van der Waals surface area contributed by atoms with E-state index in [1.165, 1.54) is 0 Å². The molecular formula is C11H13NO3. The first-order valence-corrected chi connectivity index (χ1v) is 4.95. The van der Waals surface area contributed by atoms with E-state index in [0.717, 1.165) is 23.5 Å². The van der Waals surface area contributed by atoms with Gasteiger partial charge in [-0.1, -0.05) is 12.1 Å². The predicted molar refractivity (Wildman–Crippen MR) is 56.4 cm³/mol. The lowest BCUT2D eigenvalue weighted by atomic mass is 10.2. The van der Waals surface area contributed by atoms with E-state index in [-0.39, 0.29) is 0 Å². The summed E-state index contributed by atoms with van der Waals surface area (Å²) in [6.07, 6.45) is 2.62. The molecule has 0 fully saturated rings. The topological polar surface area (TPSA) is 40.0 Å². The van der Waals surface area contributed by atoms with Gasteiger partial charge in [-0.3, -0.25) is 0 Å². The van der Waals surface area contributed by atoms with Crippen LogP contribution in [0.5, 0.6) is 11.5 Å². The molecule has 0 saturated heterocycles. The number of benzene rings is 1. The van der Waals surface area contributed by atoms with Crippen molar-refractivity contribution in [3.05, 3.63) is 23.8 Å². The van der Waals surface area contributed by atoms with Crippen LogP contribution < -0.4 is 9.47 Å². The van der Waals surface area contributed by atoms with Crippen molar-refractivity contribution in [3.63, 3.8) is 0 Å². The molecule has 0 unspecified atom stereocenters. The Morgan fingerprint density at radius 2 is 2.27 bits per heavy atom. The Balaban J connectivity index is 2.00. The molecule has 15 heavy (non-hydrogen) atoms. The van der Waals surface area contributed by atoms with Gasteiger partial charge < -0.3 is 14.3 Å². The van der Waals surface area contributed by atoms with Gasteiger partial charge in [-0.25, -0.2) is 0 Å². The van der Waals surface area contributed by atoms with Crippen molar-refractivity contribution < 1.29 is 14.3 Å². The normalized spacial score (nSPS) is 13.4. The molecule has 1 heterocycles. The largest absolute Gasteiger partial charge is 0.454 e. The van der Waals surface area contributed by atoms with Crippen molar-refractivity contribution in [2.75, 3.05) is 13.4 Å². The van der Waals surface area contributed by atoms with Crippen molar-refractivity contribution in [3.8, 4) is 11.5 Å². The van der Waals surface area contributed by atoms with Gasteiger partial charge in [0.15, 0.2) is 11.5 Å². The van der Waals surface area contributed by atoms with Gasteiger partial charge >= 0.3 is 0 Å². The van der Waals surface area contributed by atoms with Gasteiger partial charge in [0.1, 0.15) is 6.61 Å². The van der Waals surface area contributed by atoms with Crippen LogP contribution in [0.25, 0.3) is 0 Å². The van der Waals surface area contributed by atoms with Crippen LogP contribution in [0.4, 0.5) is 0 Å². The third-order valence-corrected chi connectivity index (χ3v) is 1.97. The second kappa shape index (κ2) is 4.68. The maximum Gasteiger partial charge on any atom is 0.231 e. The Morgan fingerprint density at radius 3 is 3.13 bits per heavy atom. The van der Waals surface area contributed by atoms with E-state index in [2.05, 4.69) is 5.16 Å². The SMILES string of the molecule is CCCO/N=C/c1ccc2c(c1)OCO2. The standard InChI is InChI=1S/C11H13NO3/c1-2-5-15-12-7-9-3-4-10-11(6-9)14-8-13-10/h3-4,6-7H,2,5,8H2,1H3/b12-7+. The maximum absolute atomic E-state index is 5.24. The zero-order valence-electron chi connectivity index (χ0n) is 8.60. The lowest BCUT2D eigenvalue weighted by molar-refractivity contribution is 0.146. The van der Waals surface area contributed by atoms with Crippen LogP contribution in [0.2, 0.25) is 0 Å². The molecule has 0 amide bonds. The molecule has 1 aromatic carbocycles. The first-order valence-electron chi connectivity index (χ1n) is 4.95. The lowest BCUT2D eigenvalue weighted by Gasteiger charge is -1.97. The Labute approximate surface area is 88.4 Å². The molecule has 1 aliphatic heterocycles. The van der Waals surface area contributed by atoms with Gasteiger partial charge in [0.2, 0.25) is 6.79 Å². The third-order valence-electron chi connectivity index (χ3n) is 1.97. The van der Waals surface area contributed by atoms with Gasteiger partial charge in [-0.05, 0) is 24.6 Å². The third kappa shape index (κ3) is 2.40. The van der Waals surface area contributed by atoms with Gasteiger partial charge in [0.05, 0.1) is 6.21 Å². The summed E-state index contributed by atoms with van der Waals surface area (Å²) in [5, 5.41) is 3.84. The number of hydrogen-bond donors (Lipinski definition) is 0. The summed E-state index contributed by atoms with van der Waals surface area (Å²) in [4.78, 5) is 5.00. The summed E-state index contributed by atoms with van der Waals surface area (Å²) in [6.45, 7) is 2.97. The van der Waals surface area contributed by atoms with Crippen LogP contribution in [-0.2, 0) is 4.84 Å². The fourth-order valence-electron chi connectivity index (χ4n) is 1.24. The summed E-state index contributed by atoms with van der Waals surface area (Å²) >= 11 is 0. The summed E-state index contributed by atoms with van der Waals surface area (Å²) in [5.41, 5.74) is 0.940. The smallest absolute Gasteiger partial charge is 0.231 e. The minimum absolute atomic E-state index is 0.294. The molecule has 0 aliphatic carbocycles. The van der Waals surface area contributed by atoms with E-state index in [1.807, 2.05) is 25.1 Å². The van der Waals surface area contributed by atoms with Crippen molar-refractivity contribution in [1.29, 1.82) is 0 Å². The molecule has 4 nitrogen and oxygen atoms in total. The fourth-order valence-corrected chi connectivity index (χ4v) is 1.24. The molecule has 1 aromatic rings. The van der Waals surface area contributed by atoms with Crippen molar-refractivity contribution >= 4 is 6.21 Å². The summed E-state index contributed by atoms with van der Waals surface area (Å²) < 4.78 is 10.4. The zero-order chi connectivity index (χ0) is 10.5. The Hall–Kier alpha value is -1.71. The minimum Gasteiger partial charge on any atom is -0.454 e. The van der Waals surface area contributed by atoms with Gasteiger partial charge in [0.25, 0.3) is 0 Å². The van der Waals surface area contributed by atoms with Crippen LogP contribution in [0.15, 0.2) is 23.4 Å². The molecule has 0 radical (unpaired) electrons. The molecule has 2 rings (SSSR count). The summed E-state index contributed by atoms with van der Waals surface area (Å²) in [6, 6.07) is 5.65. The molecule has 1 aliphatic rings. The van der Waals surface area contributed by atoms with E-state index in [4.69, 9.17) is 14.3 Å². The van der Waals surface area contributed by atoms with Crippen LogP contribution in [0, 0.1) is 0 Å². The Bertz CT molecular complexity index is 363. The molecule has 0 N–H and O–H groups in total. The number of nitrogens with zero attached hydrogens (tertiary/aromatic N) is 1. The van der Waals surface area contributed by atoms with Gasteiger partial charge in [-0.2, -0.15) is 0 Å². The fraction of sp³-hybridized carbons (Fsp3) is 0.364.